The SMILES string of the molecule is Cc1cccc(NC(=O)c2sc3nc(C(C)(C)C)nc(C)c3c2C)c1C(N)=O. The molecule has 3 rings (SSSR count). The number of carbonyl (C=O) groups is 2. The number of anilines is 1. The van der Waals surface area contributed by atoms with Crippen LogP contribution < -0.4 is 11.1 Å². The van der Waals surface area contributed by atoms with Crippen molar-refractivity contribution in [1.82, 2.24) is 9.97 Å². The molecule has 146 valence electrons. The van der Waals surface area contributed by atoms with Crippen LogP contribution in [0.3, 0.4) is 0 Å². The Hall–Kier alpha value is -2.80. The largest absolute Gasteiger partial charge is 0.366 e. The number of amides is 2. The Morgan fingerprint density at radius 1 is 1.11 bits per heavy atom. The van der Waals surface area contributed by atoms with Gasteiger partial charge in [0.1, 0.15) is 10.7 Å². The third-order valence-corrected chi connectivity index (χ3v) is 5.80. The van der Waals surface area contributed by atoms with Gasteiger partial charge in [-0.25, -0.2) is 9.97 Å². The van der Waals surface area contributed by atoms with Crippen molar-refractivity contribution in [3.8, 4) is 0 Å². The number of hydrogen-bond acceptors (Lipinski definition) is 5. The Bertz CT molecular complexity index is 1110. The number of thiophene rings is 1. The first kappa shape index (κ1) is 19.9. The van der Waals surface area contributed by atoms with E-state index < -0.39 is 5.91 Å². The number of primary amides is 1. The van der Waals surface area contributed by atoms with Crippen molar-refractivity contribution in [2.75, 3.05) is 5.32 Å². The van der Waals surface area contributed by atoms with Gasteiger partial charge in [0.2, 0.25) is 0 Å². The second-order valence-electron chi connectivity index (χ2n) is 7.93. The second kappa shape index (κ2) is 6.98. The van der Waals surface area contributed by atoms with Crippen LogP contribution in [-0.4, -0.2) is 21.8 Å². The lowest BCUT2D eigenvalue weighted by molar-refractivity contribution is 0.100. The van der Waals surface area contributed by atoms with Crippen molar-refractivity contribution in [1.29, 1.82) is 0 Å². The Morgan fingerprint density at radius 3 is 2.39 bits per heavy atom. The molecule has 3 aromatic rings. The van der Waals surface area contributed by atoms with Gasteiger partial charge in [0, 0.05) is 10.8 Å². The van der Waals surface area contributed by atoms with Crippen molar-refractivity contribution < 1.29 is 9.59 Å². The van der Waals surface area contributed by atoms with Gasteiger partial charge in [-0.3, -0.25) is 9.59 Å². The van der Waals surface area contributed by atoms with Gasteiger partial charge in [-0.2, -0.15) is 0 Å². The molecule has 28 heavy (non-hydrogen) atoms. The van der Waals surface area contributed by atoms with E-state index in [1.807, 2.05) is 13.8 Å². The summed E-state index contributed by atoms with van der Waals surface area (Å²) in [7, 11) is 0. The highest BCUT2D eigenvalue weighted by molar-refractivity contribution is 7.20. The summed E-state index contributed by atoms with van der Waals surface area (Å²) in [5.41, 5.74) is 8.45. The number of aryl methyl sites for hydroxylation is 3. The lowest BCUT2D eigenvalue weighted by Crippen LogP contribution is -2.19. The first-order valence-corrected chi connectivity index (χ1v) is 9.81. The molecule has 0 aliphatic heterocycles. The first-order chi connectivity index (χ1) is 13.0. The van der Waals surface area contributed by atoms with Crippen molar-refractivity contribution in [3.05, 3.63) is 51.3 Å². The minimum absolute atomic E-state index is 0.183. The molecule has 3 N–H and O–H groups in total. The average molecular weight is 397 g/mol. The van der Waals surface area contributed by atoms with E-state index in [9.17, 15) is 9.59 Å². The molecule has 0 fully saturated rings. The standard InChI is InChI=1S/C21H24N4O2S/c1-10-8-7-9-13(14(10)17(22)26)24-18(27)16-11(2)15-12(3)23-20(21(4,5)6)25-19(15)28-16/h7-9H,1-6H3,(H2,22,26)(H,24,27). The maximum Gasteiger partial charge on any atom is 0.266 e. The van der Waals surface area contributed by atoms with E-state index in [0.717, 1.165) is 32.9 Å². The molecule has 0 spiro atoms. The number of fused-ring (bicyclic) bond motifs is 1. The minimum Gasteiger partial charge on any atom is -0.366 e. The number of nitrogens with zero attached hydrogens (tertiary/aromatic N) is 2. The number of hydrogen-bond donors (Lipinski definition) is 2. The summed E-state index contributed by atoms with van der Waals surface area (Å²) in [4.78, 5) is 35.5. The van der Waals surface area contributed by atoms with Crippen LogP contribution in [0.2, 0.25) is 0 Å². The van der Waals surface area contributed by atoms with Gasteiger partial charge in [-0.05, 0) is 38.0 Å². The third-order valence-electron chi connectivity index (χ3n) is 4.62. The molecule has 2 aromatic heterocycles. The van der Waals surface area contributed by atoms with Gasteiger partial charge in [0.25, 0.3) is 11.8 Å². The van der Waals surface area contributed by atoms with Crippen LogP contribution in [0.15, 0.2) is 18.2 Å². The van der Waals surface area contributed by atoms with Crippen molar-refractivity contribution in [2.24, 2.45) is 5.73 Å². The highest BCUT2D eigenvalue weighted by Crippen LogP contribution is 2.34. The van der Waals surface area contributed by atoms with Crippen LogP contribution in [0, 0.1) is 20.8 Å². The molecular formula is C21H24N4O2S. The maximum absolute atomic E-state index is 13.0. The molecular weight excluding hydrogens is 372 g/mol. The monoisotopic (exact) mass is 396 g/mol. The Balaban J connectivity index is 2.06. The van der Waals surface area contributed by atoms with Crippen LogP contribution in [0.25, 0.3) is 10.2 Å². The van der Waals surface area contributed by atoms with E-state index in [0.29, 0.717) is 16.1 Å². The number of aromatic nitrogens is 2. The molecule has 0 saturated heterocycles. The summed E-state index contributed by atoms with van der Waals surface area (Å²) in [5, 5.41) is 3.74. The van der Waals surface area contributed by atoms with Crippen LogP contribution >= 0.6 is 11.3 Å². The molecule has 1 aromatic carbocycles. The lowest BCUT2D eigenvalue weighted by atomic mass is 9.95. The van der Waals surface area contributed by atoms with Gasteiger partial charge in [0.15, 0.2) is 0 Å². The zero-order chi connectivity index (χ0) is 20.8. The summed E-state index contributed by atoms with van der Waals surface area (Å²) >= 11 is 1.33. The van der Waals surface area contributed by atoms with E-state index in [2.05, 4.69) is 31.1 Å². The second-order valence-corrected chi connectivity index (χ2v) is 8.93. The quantitative estimate of drug-likeness (QED) is 0.691. The first-order valence-electron chi connectivity index (χ1n) is 8.99. The molecule has 7 heteroatoms. The zero-order valence-corrected chi connectivity index (χ0v) is 17.7. The topological polar surface area (TPSA) is 98.0 Å². The van der Waals surface area contributed by atoms with Crippen LogP contribution in [0.1, 0.15) is 63.4 Å². The van der Waals surface area contributed by atoms with E-state index in [4.69, 9.17) is 10.7 Å². The highest BCUT2D eigenvalue weighted by Gasteiger charge is 2.24. The van der Waals surface area contributed by atoms with E-state index in [1.54, 1.807) is 25.1 Å². The summed E-state index contributed by atoms with van der Waals surface area (Å²) in [6.07, 6.45) is 0. The Morgan fingerprint density at radius 2 is 1.79 bits per heavy atom. The normalized spacial score (nSPS) is 11.6. The van der Waals surface area contributed by atoms with Crippen LogP contribution in [-0.2, 0) is 5.41 Å². The Labute approximate surface area is 168 Å². The molecule has 0 aliphatic carbocycles. The molecule has 0 saturated carbocycles. The van der Waals surface area contributed by atoms with Gasteiger partial charge < -0.3 is 11.1 Å². The van der Waals surface area contributed by atoms with Gasteiger partial charge in [0.05, 0.1) is 21.8 Å². The summed E-state index contributed by atoms with van der Waals surface area (Å²) in [6, 6.07) is 5.24. The third kappa shape index (κ3) is 3.49. The average Bonchev–Trinajstić information content (AvgIpc) is 2.91. The molecule has 6 nitrogen and oxygen atoms in total. The van der Waals surface area contributed by atoms with Crippen LogP contribution in [0.4, 0.5) is 5.69 Å². The van der Waals surface area contributed by atoms with Gasteiger partial charge >= 0.3 is 0 Å². The van der Waals surface area contributed by atoms with Gasteiger partial charge in [-0.15, -0.1) is 11.3 Å². The van der Waals surface area contributed by atoms with Gasteiger partial charge in [-0.1, -0.05) is 32.9 Å². The van der Waals surface area contributed by atoms with Crippen molar-refractivity contribution >= 4 is 39.1 Å². The molecule has 0 aliphatic rings. The number of benzene rings is 1. The van der Waals surface area contributed by atoms with E-state index in [1.165, 1.54) is 11.3 Å². The highest BCUT2D eigenvalue weighted by atomic mass is 32.1. The molecule has 0 bridgehead atoms. The van der Waals surface area contributed by atoms with Crippen molar-refractivity contribution in [2.45, 2.75) is 47.0 Å². The summed E-state index contributed by atoms with van der Waals surface area (Å²) in [5.74, 6) is -0.108. The molecule has 2 heterocycles. The predicted octanol–water partition coefficient (Wildman–Crippen LogP) is 4.27. The number of nitrogens with two attached hydrogens (primary N) is 1. The maximum atomic E-state index is 13.0. The molecule has 0 atom stereocenters. The summed E-state index contributed by atoms with van der Waals surface area (Å²) in [6.45, 7) is 11.8. The van der Waals surface area contributed by atoms with E-state index in [-0.39, 0.29) is 11.3 Å². The zero-order valence-electron chi connectivity index (χ0n) is 16.9. The smallest absolute Gasteiger partial charge is 0.266 e. The van der Waals surface area contributed by atoms with Crippen molar-refractivity contribution in [3.63, 3.8) is 0 Å². The fourth-order valence-electron chi connectivity index (χ4n) is 3.17. The number of carbonyl (C=O) groups excluding carboxylic acids is 2. The van der Waals surface area contributed by atoms with Crippen LogP contribution in [0.5, 0.6) is 0 Å². The lowest BCUT2D eigenvalue weighted by Gasteiger charge is -2.16. The minimum atomic E-state index is -0.571. The fourth-order valence-corrected chi connectivity index (χ4v) is 4.30. The van der Waals surface area contributed by atoms with E-state index >= 15 is 0 Å². The Kier molecular flexibility index (Phi) is 4.97. The fraction of sp³-hybridized carbons (Fsp3) is 0.333. The molecule has 2 amide bonds. The molecule has 0 unspecified atom stereocenters. The molecule has 0 radical (unpaired) electrons. The predicted molar refractivity (Wildman–Crippen MR) is 113 cm³/mol. The number of rotatable bonds is 3. The number of nitrogens with one attached hydrogen (secondary N) is 1. The summed E-state index contributed by atoms with van der Waals surface area (Å²) < 4.78 is 0.